The van der Waals surface area contributed by atoms with Crippen LogP contribution in [0.2, 0.25) is 0 Å². The Bertz CT molecular complexity index is 993. The molecule has 0 fully saturated rings. The van der Waals surface area contributed by atoms with E-state index < -0.39 is 0 Å². The third-order valence-electron chi connectivity index (χ3n) is 4.90. The van der Waals surface area contributed by atoms with Gasteiger partial charge in [0.1, 0.15) is 11.5 Å². The highest BCUT2D eigenvalue weighted by molar-refractivity contribution is 5.94. The Balaban J connectivity index is 1.70. The van der Waals surface area contributed by atoms with Crippen LogP contribution < -0.4 is 14.8 Å². The molecule has 0 aliphatic carbocycles. The molecule has 3 aromatic rings. The van der Waals surface area contributed by atoms with E-state index in [1.807, 2.05) is 67.9 Å². The summed E-state index contributed by atoms with van der Waals surface area (Å²) in [6, 6.07) is 15.0. The van der Waals surface area contributed by atoms with Crippen molar-refractivity contribution in [3.63, 3.8) is 0 Å². The van der Waals surface area contributed by atoms with Gasteiger partial charge < -0.3 is 14.8 Å². The Morgan fingerprint density at radius 2 is 1.79 bits per heavy atom. The van der Waals surface area contributed by atoms with E-state index in [0.29, 0.717) is 17.9 Å². The highest BCUT2D eigenvalue weighted by Gasteiger charge is 2.16. The van der Waals surface area contributed by atoms with Crippen LogP contribution in [0.15, 0.2) is 48.5 Å². The van der Waals surface area contributed by atoms with Gasteiger partial charge in [0.15, 0.2) is 0 Å². The van der Waals surface area contributed by atoms with Crippen molar-refractivity contribution in [1.29, 1.82) is 0 Å². The number of aromatic nitrogens is 2. The lowest BCUT2D eigenvalue weighted by atomic mass is 10.1. The second-order valence-corrected chi connectivity index (χ2v) is 7.08. The van der Waals surface area contributed by atoms with Gasteiger partial charge in [-0.25, -0.2) is 0 Å². The molecular formula is C23H27N3O3. The smallest absolute Gasteiger partial charge is 0.251 e. The molecule has 0 radical (unpaired) electrons. The van der Waals surface area contributed by atoms with E-state index >= 15 is 0 Å². The average molecular weight is 393 g/mol. The van der Waals surface area contributed by atoms with Crippen LogP contribution in [0.5, 0.6) is 11.5 Å². The summed E-state index contributed by atoms with van der Waals surface area (Å²) in [5.74, 6) is 1.29. The van der Waals surface area contributed by atoms with Crippen molar-refractivity contribution in [2.45, 2.75) is 33.4 Å². The number of carbonyl (C=O) groups excluding carboxylic acids is 1. The zero-order chi connectivity index (χ0) is 21.0. The molecule has 0 saturated heterocycles. The fourth-order valence-corrected chi connectivity index (χ4v) is 3.30. The van der Waals surface area contributed by atoms with Crippen molar-refractivity contribution in [2.75, 3.05) is 14.2 Å². The molecule has 1 aromatic heterocycles. The molecule has 1 amide bonds. The van der Waals surface area contributed by atoms with E-state index in [9.17, 15) is 4.79 Å². The number of amides is 1. The number of hydrogen-bond donors (Lipinski definition) is 1. The summed E-state index contributed by atoms with van der Waals surface area (Å²) in [7, 11) is 3.23. The van der Waals surface area contributed by atoms with Gasteiger partial charge in [0.05, 0.1) is 32.5 Å². The Morgan fingerprint density at radius 1 is 1.07 bits per heavy atom. The minimum absolute atomic E-state index is 0.139. The number of carbonyl (C=O) groups is 1. The maximum absolute atomic E-state index is 12.7. The topological polar surface area (TPSA) is 65.4 Å². The summed E-state index contributed by atoms with van der Waals surface area (Å²) in [6.45, 7) is 6.62. The van der Waals surface area contributed by atoms with Crippen LogP contribution >= 0.6 is 0 Å². The normalized spacial score (nSPS) is 11.8. The maximum Gasteiger partial charge on any atom is 0.251 e. The Kier molecular flexibility index (Phi) is 6.22. The van der Waals surface area contributed by atoms with E-state index in [1.165, 1.54) is 0 Å². The monoisotopic (exact) mass is 393 g/mol. The number of ether oxygens (including phenoxy) is 2. The second-order valence-electron chi connectivity index (χ2n) is 7.08. The molecule has 29 heavy (non-hydrogen) atoms. The van der Waals surface area contributed by atoms with Crippen molar-refractivity contribution in [3.05, 3.63) is 76.6 Å². The van der Waals surface area contributed by atoms with Crippen molar-refractivity contribution < 1.29 is 14.3 Å². The van der Waals surface area contributed by atoms with Crippen molar-refractivity contribution in [1.82, 2.24) is 15.1 Å². The van der Waals surface area contributed by atoms with Crippen molar-refractivity contribution in [3.8, 4) is 11.5 Å². The SMILES string of the molecule is COc1ccc(OC)c([C@H](C)NC(=O)c2ccc(Cn3nc(C)cc3C)cc2)c1. The van der Waals surface area contributed by atoms with Crippen LogP contribution in [0, 0.1) is 13.8 Å². The summed E-state index contributed by atoms with van der Waals surface area (Å²) in [5.41, 5.74) is 4.68. The zero-order valence-electron chi connectivity index (χ0n) is 17.5. The third-order valence-corrected chi connectivity index (χ3v) is 4.90. The van der Waals surface area contributed by atoms with Crippen LogP contribution in [0.1, 0.15) is 45.8 Å². The Labute approximate surface area is 171 Å². The molecule has 2 aromatic carbocycles. The number of rotatable bonds is 7. The minimum atomic E-state index is -0.234. The summed E-state index contributed by atoms with van der Waals surface area (Å²) < 4.78 is 12.7. The quantitative estimate of drug-likeness (QED) is 0.658. The first-order valence-corrected chi connectivity index (χ1v) is 9.54. The lowest BCUT2D eigenvalue weighted by molar-refractivity contribution is 0.0939. The Morgan fingerprint density at radius 3 is 2.38 bits per heavy atom. The summed E-state index contributed by atoms with van der Waals surface area (Å²) in [5, 5.41) is 7.51. The van der Waals surface area contributed by atoms with E-state index in [0.717, 1.165) is 28.3 Å². The Hall–Kier alpha value is -3.28. The van der Waals surface area contributed by atoms with Gasteiger partial charge in [-0.05, 0) is 62.7 Å². The summed E-state index contributed by atoms with van der Waals surface area (Å²) >= 11 is 0. The van der Waals surface area contributed by atoms with E-state index in [1.54, 1.807) is 14.2 Å². The van der Waals surface area contributed by atoms with E-state index in [-0.39, 0.29) is 11.9 Å². The van der Waals surface area contributed by atoms with Crippen LogP contribution in [0.4, 0.5) is 0 Å². The lowest BCUT2D eigenvalue weighted by Crippen LogP contribution is -2.27. The lowest BCUT2D eigenvalue weighted by Gasteiger charge is -2.18. The van der Waals surface area contributed by atoms with E-state index in [2.05, 4.69) is 16.5 Å². The fourth-order valence-electron chi connectivity index (χ4n) is 3.30. The van der Waals surface area contributed by atoms with Gasteiger partial charge in [-0.1, -0.05) is 12.1 Å². The van der Waals surface area contributed by atoms with Crippen LogP contribution in [0.3, 0.4) is 0 Å². The average Bonchev–Trinajstić information content (AvgIpc) is 3.04. The van der Waals surface area contributed by atoms with Gasteiger partial charge in [0, 0.05) is 16.8 Å². The summed E-state index contributed by atoms with van der Waals surface area (Å²) in [6.07, 6.45) is 0. The first-order chi connectivity index (χ1) is 13.9. The molecule has 6 nitrogen and oxygen atoms in total. The molecule has 6 heteroatoms. The molecule has 1 atom stereocenters. The molecule has 3 rings (SSSR count). The van der Waals surface area contributed by atoms with Gasteiger partial charge in [-0.3, -0.25) is 9.48 Å². The first kappa shape index (κ1) is 20.5. The number of methoxy groups -OCH3 is 2. The molecule has 152 valence electrons. The van der Waals surface area contributed by atoms with Gasteiger partial charge in [0.25, 0.3) is 5.91 Å². The number of nitrogens with zero attached hydrogens (tertiary/aromatic N) is 2. The van der Waals surface area contributed by atoms with Crippen molar-refractivity contribution >= 4 is 5.91 Å². The van der Waals surface area contributed by atoms with Gasteiger partial charge in [0.2, 0.25) is 0 Å². The number of nitrogens with one attached hydrogen (secondary N) is 1. The molecule has 0 aliphatic rings. The molecular weight excluding hydrogens is 366 g/mol. The van der Waals surface area contributed by atoms with Crippen LogP contribution in [-0.2, 0) is 6.54 Å². The van der Waals surface area contributed by atoms with E-state index in [4.69, 9.17) is 9.47 Å². The second kappa shape index (κ2) is 8.82. The molecule has 0 unspecified atom stereocenters. The number of aryl methyl sites for hydroxylation is 2. The molecule has 0 aliphatic heterocycles. The summed E-state index contributed by atoms with van der Waals surface area (Å²) in [4.78, 5) is 12.7. The molecule has 0 spiro atoms. The largest absolute Gasteiger partial charge is 0.497 e. The van der Waals surface area contributed by atoms with Gasteiger partial charge in [-0.15, -0.1) is 0 Å². The highest BCUT2D eigenvalue weighted by atomic mass is 16.5. The predicted molar refractivity (Wildman–Crippen MR) is 113 cm³/mol. The highest BCUT2D eigenvalue weighted by Crippen LogP contribution is 2.29. The molecule has 1 N–H and O–H groups in total. The predicted octanol–water partition coefficient (Wildman–Crippen LogP) is 4.06. The van der Waals surface area contributed by atoms with Crippen LogP contribution in [0.25, 0.3) is 0 Å². The number of benzene rings is 2. The van der Waals surface area contributed by atoms with Crippen molar-refractivity contribution in [2.24, 2.45) is 0 Å². The molecule has 1 heterocycles. The maximum atomic E-state index is 12.7. The minimum Gasteiger partial charge on any atom is -0.497 e. The standard InChI is InChI=1S/C23H27N3O3/c1-15-12-16(2)26(25-15)14-18-6-8-19(9-7-18)23(27)24-17(3)21-13-20(28-4)10-11-22(21)29-5/h6-13,17H,14H2,1-5H3,(H,24,27)/t17-/m0/s1. The third kappa shape index (κ3) is 4.77. The number of hydrogen-bond acceptors (Lipinski definition) is 4. The fraction of sp³-hybridized carbons (Fsp3) is 0.304. The van der Waals surface area contributed by atoms with Crippen LogP contribution in [-0.4, -0.2) is 29.9 Å². The first-order valence-electron chi connectivity index (χ1n) is 9.54. The van der Waals surface area contributed by atoms with Gasteiger partial charge >= 0.3 is 0 Å². The molecule has 0 bridgehead atoms. The molecule has 0 saturated carbocycles. The zero-order valence-corrected chi connectivity index (χ0v) is 17.5. The van der Waals surface area contributed by atoms with Gasteiger partial charge in [-0.2, -0.15) is 5.10 Å².